The average molecular weight is 504 g/mol. The van der Waals surface area contributed by atoms with E-state index in [4.69, 9.17) is 9.47 Å². The van der Waals surface area contributed by atoms with Crippen LogP contribution in [0.4, 0.5) is 0 Å². The molecule has 37 heavy (non-hydrogen) atoms. The molecule has 1 atom stereocenters. The summed E-state index contributed by atoms with van der Waals surface area (Å²) in [6.45, 7) is 10.4. The third-order valence-electron chi connectivity index (χ3n) is 6.50. The number of tetrazole rings is 1. The molecule has 0 saturated carbocycles. The van der Waals surface area contributed by atoms with Crippen molar-refractivity contribution in [1.82, 2.24) is 35.1 Å². The SMILES string of the molecule is CCC[C@@H](c1nnnn1C(C)(C)C)N(Cc1cccnc1)Cc1cc2cc3c(cc2[nH]c1=O)OCCO3. The molecule has 10 nitrogen and oxygen atoms in total. The van der Waals surface area contributed by atoms with E-state index in [2.05, 4.69) is 58.1 Å². The number of hydrogen-bond acceptors (Lipinski definition) is 8. The second-order valence-corrected chi connectivity index (χ2v) is 10.4. The van der Waals surface area contributed by atoms with Gasteiger partial charge >= 0.3 is 0 Å². The summed E-state index contributed by atoms with van der Waals surface area (Å²) in [5.74, 6) is 2.13. The quantitative estimate of drug-likeness (QED) is 0.384. The van der Waals surface area contributed by atoms with Crippen LogP contribution in [0, 0.1) is 0 Å². The predicted molar refractivity (Wildman–Crippen MR) is 140 cm³/mol. The maximum atomic E-state index is 13.3. The molecule has 1 aliphatic heterocycles. The zero-order valence-electron chi connectivity index (χ0n) is 21.8. The largest absolute Gasteiger partial charge is 0.486 e. The van der Waals surface area contributed by atoms with E-state index in [1.54, 1.807) is 6.20 Å². The van der Waals surface area contributed by atoms with Crippen molar-refractivity contribution in [3.05, 3.63) is 70.0 Å². The predicted octanol–water partition coefficient (Wildman–Crippen LogP) is 3.98. The van der Waals surface area contributed by atoms with E-state index >= 15 is 0 Å². The van der Waals surface area contributed by atoms with E-state index in [0.29, 0.717) is 43.4 Å². The lowest BCUT2D eigenvalue weighted by molar-refractivity contribution is 0.148. The van der Waals surface area contributed by atoms with Crippen molar-refractivity contribution < 1.29 is 9.47 Å². The Hall–Kier alpha value is -3.79. The first-order chi connectivity index (χ1) is 17.8. The minimum absolute atomic E-state index is 0.102. The molecule has 1 N–H and O–H groups in total. The van der Waals surface area contributed by atoms with Crippen LogP contribution in [-0.2, 0) is 18.6 Å². The number of pyridine rings is 2. The number of nitrogens with one attached hydrogen (secondary N) is 1. The van der Waals surface area contributed by atoms with Gasteiger partial charge in [0.1, 0.15) is 13.2 Å². The standard InChI is InChI=1S/C27H33N7O3/c1-5-7-22(25-30-31-32-34(25)27(2,3)4)33(16-18-8-6-9-28-15-18)17-20-12-19-13-23-24(37-11-10-36-23)14-21(19)29-26(20)35/h6,8-9,12-15,22H,5,7,10-11,16-17H2,1-4H3,(H,29,35)/t22-/m0/s1. The number of aromatic amines is 1. The van der Waals surface area contributed by atoms with Crippen LogP contribution in [-0.4, -0.2) is 48.3 Å². The van der Waals surface area contributed by atoms with Crippen molar-refractivity contribution in [3.63, 3.8) is 0 Å². The van der Waals surface area contributed by atoms with E-state index in [1.165, 1.54) is 0 Å². The third-order valence-corrected chi connectivity index (χ3v) is 6.50. The van der Waals surface area contributed by atoms with Crippen LogP contribution in [0.3, 0.4) is 0 Å². The van der Waals surface area contributed by atoms with Gasteiger partial charge in [-0.2, -0.15) is 0 Å². The zero-order chi connectivity index (χ0) is 26.0. The molecule has 0 saturated heterocycles. The Kier molecular flexibility index (Phi) is 6.92. The molecule has 0 fully saturated rings. The van der Waals surface area contributed by atoms with Gasteiger partial charge in [-0.15, -0.1) is 5.10 Å². The first kappa shape index (κ1) is 24.9. The van der Waals surface area contributed by atoms with Crippen LogP contribution in [0.2, 0.25) is 0 Å². The molecule has 3 aromatic heterocycles. The summed E-state index contributed by atoms with van der Waals surface area (Å²) < 4.78 is 13.3. The molecule has 194 valence electrons. The Morgan fingerprint density at radius 2 is 1.92 bits per heavy atom. The fraction of sp³-hybridized carbons (Fsp3) is 0.444. The molecule has 0 aliphatic carbocycles. The molecule has 0 amide bonds. The fourth-order valence-electron chi connectivity index (χ4n) is 4.75. The maximum absolute atomic E-state index is 13.3. The normalized spacial score (nSPS) is 14.3. The fourth-order valence-corrected chi connectivity index (χ4v) is 4.75. The van der Waals surface area contributed by atoms with Gasteiger partial charge in [0.15, 0.2) is 17.3 Å². The van der Waals surface area contributed by atoms with Crippen LogP contribution in [0.5, 0.6) is 11.5 Å². The number of ether oxygens (including phenoxy) is 2. The number of aromatic nitrogens is 6. The van der Waals surface area contributed by atoms with Gasteiger partial charge in [-0.25, -0.2) is 4.68 Å². The lowest BCUT2D eigenvalue weighted by Gasteiger charge is -2.32. The van der Waals surface area contributed by atoms with Gasteiger partial charge in [0.25, 0.3) is 5.56 Å². The highest BCUT2D eigenvalue weighted by atomic mass is 16.6. The van der Waals surface area contributed by atoms with Crippen LogP contribution in [0.15, 0.2) is 47.5 Å². The van der Waals surface area contributed by atoms with Gasteiger partial charge < -0.3 is 14.5 Å². The van der Waals surface area contributed by atoms with Crippen molar-refractivity contribution in [2.24, 2.45) is 0 Å². The summed E-state index contributed by atoms with van der Waals surface area (Å²) in [6, 6.07) is 9.57. The molecule has 1 aliphatic rings. The van der Waals surface area contributed by atoms with Gasteiger partial charge in [0.05, 0.1) is 17.1 Å². The second-order valence-electron chi connectivity index (χ2n) is 10.4. The zero-order valence-corrected chi connectivity index (χ0v) is 21.8. The van der Waals surface area contributed by atoms with Crippen molar-refractivity contribution >= 4 is 10.9 Å². The Morgan fingerprint density at radius 1 is 1.14 bits per heavy atom. The topological polar surface area (TPSA) is 111 Å². The summed E-state index contributed by atoms with van der Waals surface area (Å²) >= 11 is 0. The molecule has 4 heterocycles. The second kappa shape index (κ2) is 10.3. The number of fused-ring (bicyclic) bond motifs is 2. The van der Waals surface area contributed by atoms with E-state index in [9.17, 15) is 4.79 Å². The van der Waals surface area contributed by atoms with Gasteiger partial charge in [-0.3, -0.25) is 14.7 Å². The Balaban J connectivity index is 1.56. The highest BCUT2D eigenvalue weighted by molar-refractivity contribution is 5.83. The van der Waals surface area contributed by atoms with E-state index < -0.39 is 0 Å². The smallest absolute Gasteiger partial charge is 0.252 e. The maximum Gasteiger partial charge on any atom is 0.252 e. The van der Waals surface area contributed by atoms with Crippen molar-refractivity contribution in [3.8, 4) is 11.5 Å². The number of hydrogen-bond donors (Lipinski definition) is 1. The van der Waals surface area contributed by atoms with E-state index in [-0.39, 0.29) is 17.1 Å². The van der Waals surface area contributed by atoms with Gasteiger partial charge in [0.2, 0.25) is 0 Å². The molecule has 5 rings (SSSR count). The summed E-state index contributed by atoms with van der Waals surface area (Å²) in [7, 11) is 0. The lowest BCUT2D eigenvalue weighted by Crippen LogP contribution is -2.35. The summed E-state index contributed by atoms with van der Waals surface area (Å²) in [6.07, 6.45) is 5.39. The van der Waals surface area contributed by atoms with Crippen LogP contribution < -0.4 is 15.0 Å². The molecular weight excluding hydrogens is 470 g/mol. The highest BCUT2D eigenvalue weighted by Crippen LogP contribution is 2.34. The number of H-pyrrole nitrogens is 1. The minimum Gasteiger partial charge on any atom is -0.486 e. The first-order valence-corrected chi connectivity index (χ1v) is 12.7. The van der Waals surface area contributed by atoms with Crippen molar-refractivity contribution in [1.29, 1.82) is 0 Å². The van der Waals surface area contributed by atoms with Crippen LogP contribution >= 0.6 is 0 Å². The van der Waals surface area contributed by atoms with Gasteiger partial charge in [0, 0.05) is 42.5 Å². The minimum atomic E-state index is -0.285. The Labute approximate surface area is 215 Å². The van der Waals surface area contributed by atoms with Crippen LogP contribution in [0.25, 0.3) is 10.9 Å². The van der Waals surface area contributed by atoms with Gasteiger partial charge in [-0.05, 0) is 61.4 Å². The Morgan fingerprint density at radius 3 is 2.62 bits per heavy atom. The molecular formula is C27H33N7O3. The molecule has 0 radical (unpaired) electrons. The van der Waals surface area contributed by atoms with Crippen LogP contribution in [0.1, 0.15) is 63.5 Å². The van der Waals surface area contributed by atoms with Gasteiger partial charge in [-0.1, -0.05) is 19.4 Å². The molecule has 4 aromatic rings. The van der Waals surface area contributed by atoms with Crippen molar-refractivity contribution in [2.75, 3.05) is 13.2 Å². The number of rotatable bonds is 8. The van der Waals surface area contributed by atoms with E-state index in [1.807, 2.05) is 41.2 Å². The number of nitrogens with zero attached hydrogens (tertiary/aromatic N) is 6. The lowest BCUT2D eigenvalue weighted by atomic mass is 10.0. The molecule has 0 bridgehead atoms. The molecule has 1 aromatic carbocycles. The summed E-state index contributed by atoms with van der Waals surface area (Å²) in [4.78, 5) is 22.9. The average Bonchev–Trinajstić information content (AvgIpc) is 3.37. The Bertz CT molecular complexity index is 1430. The molecule has 10 heteroatoms. The van der Waals surface area contributed by atoms with Crippen molar-refractivity contribution in [2.45, 2.75) is 65.2 Å². The molecule has 0 spiro atoms. The van der Waals surface area contributed by atoms with E-state index in [0.717, 1.165) is 35.1 Å². The highest BCUT2D eigenvalue weighted by Gasteiger charge is 2.30. The summed E-state index contributed by atoms with van der Waals surface area (Å²) in [5, 5.41) is 13.7. The molecule has 0 unspecified atom stereocenters. The summed E-state index contributed by atoms with van der Waals surface area (Å²) in [5.41, 5.74) is 2.01. The monoisotopic (exact) mass is 503 g/mol. The third kappa shape index (κ3) is 5.34. The first-order valence-electron chi connectivity index (χ1n) is 12.7. The number of benzene rings is 1.